The van der Waals surface area contributed by atoms with Gasteiger partial charge in [0.1, 0.15) is 5.60 Å². The Morgan fingerprint density at radius 2 is 2.17 bits per heavy atom. The second kappa shape index (κ2) is 11.4. The fourth-order valence-corrected chi connectivity index (χ4v) is 4.43. The van der Waals surface area contributed by atoms with Crippen molar-refractivity contribution < 1.29 is 19.7 Å². The Bertz CT molecular complexity index is 681. The van der Waals surface area contributed by atoms with Gasteiger partial charge in [-0.25, -0.2) is 0 Å². The Morgan fingerprint density at radius 3 is 2.90 bits per heavy atom. The van der Waals surface area contributed by atoms with E-state index in [0.29, 0.717) is 37.7 Å². The molecule has 160 valence electrons. The number of carbonyl (C=O) groups is 1. The van der Waals surface area contributed by atoms with E-state index in [4.69, 9.17) is 4.74 Å². The summed E-state index contributed by atoms with van der Waals surface area (Å²) in [5.41, 5.74) is -1.15. The Hall–Kier alpha value is -1.83. The van der Waals surface area contributed by atoms with Crippen LogP contribution in [0.2, 0.25) is 0 Å². The molecular weight excluding hydrogens is 364 g/mol. The monoisotopic (exact) mass is 400 g/mol. The van der Waals surface area contributed by atoms with Gasteiger partial charge in [-0.05, 0) is 44.4 Å². The molecule has 2 rings (SSSR count). The topological polar surface area (TPSA) is 66.8 Å². The van der Waals surface area contributed by atoms with Crippen LogP contribution in [0.25, 0.3) is 0 Å². The summed E-state index contributed by atoms with van der Waals surface area (Å²) in [6.07, 6.45) is 15.3. The van der Waals surface area contributed by atoms with E-state index in [2.05, 4.69) is 24.0 Å². The summed E-state index contributed by atoms with van der Waals surface area (Å²) < 4.78 is 4.95. The van der Waals surface area contributed by atoms with Crippen LogP contribution < -0.4 is 0 Å². The molecule has 0 aromatic heterocycles. The molecule has 2 N–H and O–H groups in total. The van der Waals surface area contributed by atoms with Gasteiger partial charge in [-0.15, -0.1) is 11.8 Å². The SMILES string of the molecule is CCC#CC(C)C[C@](O)(C=CCCC(=O)OCC)C=C[C@H]1[C@H]2CC=C[C@@H]2C[C@H]1O. The lowest BCUT2D eigenvalue weighted by Crippen LogP contribution is -2.27. The second-order valence-electron chi connectivity index (χ2n) is 8.25. The van der Waals surface area contributed by atoms with Crippen LogP contribution in [-0.2, 0) is 9.53 Å². The minimum absolute atomic E-state index is 0.0358. The quantitative estimate of drug-likeness (QED) is 0.346. The molecule has 0 heterocycles. The minimum Gasteiger partial charge on any atom is -0.466 e. The van der Waals surface area contributed by atoms with Crippen molar-refractivity contribution in [1.82, 2.24) is 0 Å². The average molecular weight is 401 g/mol. The maximum absolute atomic E-state index is 11.5. The smallest absolute Gasteiger partial charge is 0.306 e. The molecule has 4 nitrogen and oxygen atoms in total. The Morgan fingerprint density at radius 1 is 1.38 bits per heavy atom. The molecule has 6 atom stereocenters. The molecule has 4 heteroatoms. The summed E-state index contributed by atoms with van der Waals surface area (Å²) in [5, 5.41) is 21.7. The van der Waals surface area contributed by atoms with Crippen LogP contribution in [0.5, 0.6) is 0 Å². The molecule has 1 unspecified atom stereocenters. The number of hydrogen-bond donors (Lipinski definition) is 2. The summed E-state index contributed by atoms with van der Waals surface area (Å²) >= 11 is 0. The van der Waals surface area contributed by atoms with Crippen LogP contribution in [-0.4, -0.2) is 34.5 Å². The predicted molar refractivity (Wildman–Crippen MR) is 116 cm³/mol. The highest BCUT2D eigenvalue weighted by atomic mass is 16.5. The minimum atomic E-state index is -1.15. The highest BCUT2D eigenvalue weighted by molar-refractivity contribution is 5.69. The molecule has 0 spiro atoms. The van der Waals surface area contributed by atoms with Gasteiger partial charge >= 0.3 is 5.97 Å². The number of carbonyl (C=O) groups excluding carboxylic acids is 1. The first kappa shape index (κ1) is 23.4. The highest BCUT2D eigenvalue weighted by Gasteiger charge is 2.41. The lowest BCUT2D eigenvalue weighted by Gasteiger charge is -2.25. The molecule has 0 bridgehead atoms. The summed E-state index contributed by atoms with van der Waals surface area (Å²) in [4.78, 5) is 11.5. The standard InChI is InChI=1S/C25H36O4/c1-4-6-10-19(3)18-25(28,15-8-7-13-24(27)29-5-2)16-14-22-21-12-9-11-20(21)17-23(22)26/h8-9,11,14-16,19-23,26,28H,4-5,7,12-13,17-18H2,1-3H3/t19?,20-,21+,22+,23-,25+/m1/s1. The highest BCUT2D eigenvalue weighted by Crippen LogP contribution is 2.45. The molecule has 0 radical (unpaired) electrons. The van der Waals surface area contributed by atoms with Gasteiger partial charge in [-0.2, -0.15) is 0 Å². The van der Waals surface area contributed by atoms with Crippen molar-refractivity contribution in [3.05, 3.63) is 36.5 Å². The normalized spacial score (nSPS) is 28.9. The lowest BCUT2D eigenvalue weighted by atomic mass is 9.86. The van der Waals surface area contributed by atoms with Gasteiger partial charge in [0.05, 0.1) is 12.7 Å². The van der Waals surface area contributed by atoms with Gasteiger partial charge in [0.2, 0.25) is 0 Å². The molecule has 1 saturated carbocycles. The number of allylic oxidation sites excluding steroid dienone is 3. The van der Waals surface area contributed by atoms with E-state index < -0.39 is 5.60 Å². The lowest BCUT2D eigenvalue weighted by molar-refractivity contribution is -0.143. The first-order valence-electron chi connectivity index (χ1n) is 11.0. The maximum atomic E-state index is 11.5. The van der Waals surface area contributed by atoms with Crippen molar-refractivity contribution >= 4 is 5.97 Å². The summed E-state index contributed by atoms with van der Waals surface area (Å²) in [7, 11) is 0. The van der Waals surface area contributed by atoms with Crippen molar-refractivity contribution in [2.24, 2.45) is 23.7 Å². The van der Waals surface area contributed by atoms with E-state index >= 15 is 0 Å². The van der Waals surface area contributed by atoms with Crippen molar-refractivity contribution in [2.45, 2.75) is 71.0 Å². The van der Waals surface area contributed by atoms with Gasteiger partial charge in [0.25, 0.3) is 0 Å². The molecular formula is C25H36O4. The number of aliphatic hydroxyl groups is 2. The zero-order chi connectivity index (χ0) is 21.3. The number of fused-ring (bicyclic) bond motifs is 1. The van der Waals surface area contributed by atoms with Gasteiger partial charge in [0.15, 0.2) is 0 Å². The van der Waals surface area contributed by atoms with E-state index in [-0.39, 0.29) is 23.9 Å². The number of aliphatic hydroxyl groups excluding tert-OH is 1. The van der Waals surface area contributed by atoms with E-state index in [1.807, 2.05) is 32.1 Å². The van der Waals surface area contributed by atoms with E-state index in [0.717, 1.165) is 19.3 Å². The molecule has 2 aliphatic rings. The number of rotatable bonds is 9. The van der Waals surface area contributed by atoms with Crippen molar-refractivity contribution in [1.29, 1.82) is 0 Å². The Labute approximate surface area is 175 Å². The first-order valence-corrected chi connectivity index (χ1v) is 11.0. The van der Waals surface area contributed by atoms with E-state index in [9.17, 15) is 15.0 Å². The van der Waals surface area contributed by atoms with E-state index in [1.165, 1.54) is 0 Å². The van der Waals surface area contributed by atoms with Gasteiger partial charge in [-0.1, -0.05) is 50.3 Å². The maximum Gasteiger partial charge on any atom is 0.306 e. The van der Waals surface area contributed by atoms with Crippen LogP contribution in [0, 0.1) is 35.5 Å². The van der Waals surface area contributed by atoms with Crippen LogP contribution in [0.4, 0.5) is 0 Å². The molecule has 1 fully saturated rings. The van der Waals surface area contributed by atoms with Crippen LogP contribution in [0.3, 0.4) is 0 Å². The first-order chi connectivity index (χ1) is 13.9. The number of hydrogen-bond acceptors (Lipinski definition) is 4. The molecule has 0 aromatic carbocycles. The zero-order valence-electron chi connectivity index (χ0n) is 18.0. The third-order valence-electron chi connectivity index (χ3n) is 5.79. The average Bonchev–Trinajstić information content (AvgIpc) is 3.23. The zero-order valence-corrected chi connectivity index (χ0v) is 18.0. The summed E-state index contributed by atoms with van der Waals surface area (Å²) in [6.45, 7) is 6.19. The molecule has 29 heavy (non-hydrogen) atoms. The van der Waals surface area contributed by atoms with Crippen LogP contribution >= 0.6 is 0 Å². The fraction of sp³-hybridized carbons (Fsp3) is 0.640. The third kappa shape index (κ3) is 7.17. The number of esters is 1. The number of ether oxygens (including phenoxy) is 1. The largest absolute Gasteiger partial charge is 0.466 e. The molecule has 0 saturated heterocycles. The Balaban J connectivity index is 2.07. The van der Waals surface area contributed by atoms with Gasteiger partial charge < -0.3 is 14.9 Å². The summed E-state index contributed by atoms with van der Waals surface area (Å²) in [6, 6.07) is 0. The fourth-order valence-electron chi connectivity index (χ4n) is 4.43. The third-order valence-corrected chi connectivity index (χ3v) is 5.79. The van der Waals surface area contributed by atoms with Crippen molar-refractivity contribution in [2.75, 3.05) is 6.61 Å². The van der Waals surface area contributed by atoms with Crippen LogP contribution in [0.1, 0.15) is 59.3 Å². The van der Waals surface area contributed by atoms with Crippen molar-refractivity contribution in [3.63, 3.8) is 0 Å². The molecule has 0 aromatic rings. The van der Waals surface area contributed by atoms with Gasteiger partial charge in [0, 0.05) is 24.7 Å². The van der Waals surface area contributed by atoms with Crippen LogP contribution in [0.15, 0.2) is 36.5 Å². The second-order valence-corrected chi connectivity index (χ2v) is 8.25. The van der Waals surface area contributed by atoms with Crippen molar-refractivity contribution in [3.8, 4) is 11.8 Å². The van der Waals surface area contributed by atoms with E-state index in [1.54, 1.807) is 13.0 Å². The molecule has 0 amide bonds. The summed E-state index contributed by atoms with van der Waals surface area (Å²) in [5.74, 6) is 7.00. The Kier molecular flexibility index (Phi) is 9.20. The predicted octanol–water partition coefficient (Wildman–Crippen LogP) is 4.19. The molecule has 2 aliphatic carbocycles. The molecule has 0 aliphatic heterocycles. The van der Waals surface area contributed by atoms with Gasteiger partial charge in [-0.3, -0.25) is 4.79 Å².